The number of hydrogen-bond donors (Lipinski definition) is 1. The Morgan fingerprint density at radius 2 is 2.05 bits per heavy atom. The van der Waals surface area contributed by atoms with Crippen molar-refractivity contribution in [2.75, 3.05) is 0 Å². The summed E-state index contributed by atoms with van der Waals surface area (Å²) in [5, 5.41) is 8.15. The fourth-order valence-corrected chi connectivity index (χ4v) is 1.91. The Balaban J connectivity index is 1.98. The highest BCUT2D eigenvalue weighted by Crippen LogP contribution is 2.18. The van der Waals surface area contributed by atoms with Crippen LogP contribution < -0.4 is 0 Å². The highest BCUT2D eigenvalue weighted by molar-refractivity contribution is 5.92. The van der Waals surface area contributed by atoms with Gasteiger partial charge in [-0.2, -0.15) is 5.10 Å². The number of aromatic amines is 1. The average molecular weight is 249 g/mol. The molecule has 2 heterocycles. The van der Waals surface area contributed by atoms with Crippen molar-refractivity contribution in [3.05, 3.63) is 59.5 Å². The number of benzene rings is 1. The first-order valence-corrected chi connectivity index (χ1v) is 5.88. The normalized spacial score (nSPS) is 11.2. The number of nitrogens with zero attached hydrogens (tertiary/aromatic N) is 2. The maximum atomic E-state index is 10.7. The molecule has 0 fully saturated rings. The van der Waals surface area contributed by atoms with Gasteiger partial charge in [0, 0.05) is 23.3 Å². The van der Waals surface area contributed by atoms with Crippen molar-refractivity contribution >= 4 is 29.3 Å². The molecule has 0 bridgehead atoms. The first kappa shape index (κ1) is 11.3. The van der Waals surface area contributed by atoms with Crippen molar-refractivity contribution in [3.63, 3.8) is 0 Å². The molecule has 0 radical (unpaired) electrons. The standard InChI is InChI=1S/C15H11N3O/c19-10-12-3-5-13-14(17-18-15(13)8-12)6-4-11-2-1-7-16-9-11/h1-10H,(H,17,18). The van der Waals surface area contributed by atoms with Crippen LogP contribution in [0.15, 0.2) is 42.7 Å². The van der Waals surface area contributed by atoms with E-state index in [1.807, 2.05) is 30.4 Å². The molecule has 0 atom stereocenters. The lowest BCUT2D eigenvalue weighted by atomic mass is 10.1. The van der Waals surface area contributed by atoms with Gasteiger partial charge in [0.2, 0.25) is 0 Å². The average Bonchev–Trinajstić information content (AvgIpc) is 2.88. The number of pyridine rings is 1. The minimum atomic E-state index is 0.638. The van der Waals surface area contributed by atoms with Gasteiger partial charge in [0.1, 0.15) is 6.29 Å². The third-order valence-electron chi connectivity index (χ3n) is 2.87. The topological polar surface area (TPSA) is 58.6 Å². The van der Waals surface area contributed by atoms with E-state index in [0.29, 0.717) is 5.56 Å². The van der Waals surface area contributed by atoms with Gasteiger partial charge in [-0.1, -0.05) is 18.2 Å². The van der Waals surface area contributed by atoms with Crippen LogP contribution in [0.4, 0.5) is 0 Å². The largest absolute Gasteiger partial charge is 0.298 e. The number of aromatic nitrogens is 3. The van der Waals surface area contributed by atoms with Crippen LogP contribution in [-0.4, -0.2) is 21.5 Å². The van der Waals surface area contributed by atoms with Crippen LogP contribution in [-0.2, 0) is 0 Å². The fraction of sp³-hybridized carbons (Fsp3) is 0. The molecule has 4 heteroatoms. The Morgan fingerprint density at radius 1 is 1.11 bits per heavy atom. The van der Waals surface area contributed by atoms with E-state index in [9.17, 15) is 4.79 Å². The maximum Gasteiger partial charge on any atom is 0.150 e. The molecule has 0 aliphatic carbocycles. The van der Waals surface area contributed by atoms with Gasteiger partial charge in [-0.15, -0.1) is 0 Å². The van der Waals surface area contributed by atoms with E-state index in [2.05, 4.69) is 15.2 Å². The van der Waals surface area contributed by atoms with E-state index in [-0.39, 0.29) is 0 Å². The molecule has 0 spiro atoms. The first-order valence-electron chi connectivity index (χ1n) is 5.88. The summed E-state index contributed by atoms with van der Waals surface area (Å²) in [6.07, 6.45) is 8.23. The summed E-state index contributed by atoms with van der Waals surface area (Å²) in [5.41, 5.74) is 3.36. The summed E-state index contributed by atoms with van der Waals surface area (Å²) in [5.74, 6) is 0. The van der Waals surface area contributed by atoms with Crippen molar-refractivity contribution in [1.29, 1.82) is 0 Å². The molecule has 4 nitrogen and oxygen atoms in total. The lowest BCUT2D eigenvalue weighted by Gasteiger charge is -1.92. The zero-order valence-corrected chi connectivity index (χ0v) is 10.1. The van der Waals surface area contributed by atoms with E-state index in [1.54, 1.807) is 24.5 Å². The molecule has 0 aliphatic heterocycles. The number of fused-ring (bicyclic) bond motifs is 1. The Morgan fingerprint density at radius 3 is 2.84 bits per heavy atom. The minimum absolute atomic E-state index is 0.638. The van der Waals surface area contributed by atoms with Gasteiger partial charge < -0.3 is 0 Å². The lowest BCUT2D eigenvalue weighted by Crippen LogP contribution is -1.78. The zero-order chi connectivity index (χ0) is 13.1. The molecule has 3 rings (SSSR count). The van der Waals surface area contributed by atoms with Gasteiger partial charge in [0.25, 0.3) is 0 Å². The fourth-order valence-electron chi connectivity index (χ4n) is 1.91. The van der Waals surface area contributed by atoms with Gasteiger partial charge in [0.15, 0.2) is 0 Å². The molecule has 3 aromatic rings. The van der Waals surface area contributed by atoms with Crippen molar-refractivity contribution in [3.8, 4) is 0 Å². The monoisotopic (exact) mass is 249 g/mol. The number of carbonyl (C=O) groups excluding carboxylic acids is 1. The third kappa shape index (κ3) is 2.28. The van der Waals surface area contributed by atoms with E-state index < -0.39 is 0 Å². The van der Waals surface area contributed by atoms with Gasteiger partial charge in [-0.05, 0) is 29.8 Å². The lowest BCUT2D eigenvalue weighted by molar-refractivity contribution is 0.112. The second-order valence-corrected chi connectivity index (χ2v) is 4.15. The molecule has 0 aliphatic rings. The molecule has 1 N–H and O–H groups in total. The van der Waals surface area contributed by atoms with Crippen molar-refractivity contribution in [2.24, 2.45) is 0 Å². The minimum Gasteiger partial charge on any atom is -0.298 e. The molecule has 92 valence electrons. The zero-order valence-electron chi connectivity index (χ0n) is 10.1. The number of carbonyl (C=O) groups is 1. The number of aldehydes is 1. The summed E-state index contributed by atoms with van der Waals surface area (Å²) in [6, 6.07) is 9.33. The molecule has 19 heavy (non-hydrogen) atoms. The predicted octanol–water partition coefficient (Wildman–Crippen LogP) is 2.94. The van der Waals surface area contributed by atoms with E-state index >= 15 is 0 Å². The summed E-state index contributed by atoms with van der Waals surface area (Å²) < 4.78 is 0. The van der Waals surface area contributed by atoms with Crippen LogP contribution in [0.2, 0.25) is 0 Å². The summed E-state index contributed by atoms with van der Waals surface area (Å²) >= 11 is 0. The summed E-state index contributed by atoms with van der Waals surface area (Å²) in [7, 11) is 0. The van der Waals surface area contributed by atoms with Crippen molar-refractivity contribution < 1.29 is 4.79 Å². The predicted molar refractivity (Wildman–Crippen MR) is 74.6 cm³/mol. The Labute approximate surface area is 109 Å². The van der Waals surface area contributed by atoms with Gasteiger partial charge in [-0.25, -0.2) is 0 Å². The smallest absolute Gasteiger partial charge is 0.150 e. The highest BCUT2D eigenvalue weighted by atomic mass is 16.1. The van der Waals surface area contributed by atoms with Gasteiger partial charge in [-0.3, -0.25) is 14.9 Å². The maximum absolute atomic E-state index is 10.7. The Bertz CT molecular complexity index is 744. The Kier molecular flexibility index (Phi) is 2.90. The second kappa shape index (κ2) is 4.86. The van der Waals surface area contributed by atoms with Crippen LogP contribution in [0.3, 0.4) is 0 Å². The molecule has 0 amide bonds. The molecule has 2 aromatic heterocycles. The molecule has 0 saturated heterocycles. The Hall–Kier alpha value is -2.75. The van der Waals surface area contributed by atoms with Gasteiger partial charge in [0.05, 0.1) is 11.2 Å². The number of H-pyrrole nitrogens is 1. The molecule has 1 aromatic carbocycles. The number of hydrogen-bond acceptors (Lipinski definition) is 3. The van der Waals surface area contributed by atoms with Crippen LogP contribution in [0.25, 0.3) is 23.1 Å². The number of rotatable bonds is 3. The van der Waals surface area contributed by atoms with E-state index in [1.165, 1.54) is 0 Å². The van der Waals surface area contributed by atoms with Crippen molar-refractivity contribution in [1.82, 2.24) is 15.2 Å². The molecular weight excluding hydrogens is 238 g/mol. The molecule has 0 unspecified atom stereocenters. The van der Waals surface area contributed by atoms with Crippen LogP contribution in [0.1, 0.15) is 21.6 Å². The van der Waals surface area contributed by atoms with Gasteiger partial charge >= 0.3 is 0 Å². The van der Waals surface area contributed by atoms with Crippen LogP contribution in [0.5, 0.6) is 0 Å². The quantitative estimate of drug-likeness (QED) is 0.726. The van der Waals surface area contributed by atoms with Crippen LogP contribution >= 0.6 is 0 Å². The SMILES string of the molecule is O=Cc1ccc2c(C=Cc3cccnc3)n[nH]c2c1. The third-order valence-corrected chi connectivity index (χ3v) is 2.87. The van der Waals surface area contributed by atoms with Crippen LogP contribution in [0, 0.1) is 0 Å². The number of nitrogens with one attached hydrogen (secondary N) is 1. The van der Waals surface area contributed by atoms with Crippen molar-refractivity contribution in [2.45, 2.75) is 0 Å². The highest BCUT2D eigenvalue weighted by Gasteiger charge is 2.03. The molecular formula is C15H11N3O. The van der Waals surface area contributed by atoms with E-state index in [4.69, 9.17) is 0 Å². The summed E-state index contributed by atoms with van der Waals surface area (Å²) in [6.45, 7) is 0. The molecule has 0 saturated carbocycles. The summed E-state index contributed by atoms with van der Waals surface area (Å²) in [4.78, 5) is 14.8. The second-order valence-electron chi connectivity index (χ2n) is 4.15. The van der Waals surface area contributed by atoms with E-state index in [0.717, 1.165) is 28.4 Å². The first-order chi connectivity index (χ1) is 9.36.